The van der Waals surface area contributed by atoms with Crippen molar-refractivity contribution in [1.82, 2.24) is 0 Å². The molecular formula is C23H18. The first-order chi connectivity index (χ1) is 11.2. The van der Waals surface area contributed by atoms with Gasteiger partial charge in [-0.05, 0) is 75.2 Å². The highest BCUT2D eigenvalue weighted by molar-refractivity contribution is 6.12. The second-order valence-electron chi connectivity index (χ2n) is 6.75. The summed E-state index contributed by atoms with van der Waals surface area (Å²) >= 11 is 0. The predicted octanol–water partition coefficient (Wildman–Crippen LogP) is 6.18. The topological polar surface area (TPSA) is 0 Å². The Balaban J connectivity index is 1.92. The van der Waals surface area contributed by atoms with Crippen molar-refractivity contribution >= 4 is 21.5 Å². The van der Waals surface area contributed by atoms with E-state index in [2.05, 4.69) is 74.5 Å². The molecular weight excluding hydrogens is 276 g/mol. The molecule has 0 nitrogen and oxygen atoms in total. The minimum absolute atomic E-state index is 1.05. The van der Waals surface area contributed by atoms with Crippen molar-refractivity contribution in [3.05, 3.63) is 82.9 Å². The van der Waals surface area contributed by atoms with Gasteiger partial charge in [-0.3, -0.25) is 0 Å². The average Bonchev–Trinajstić information content (AvgIpc) is 2.92. The normalized spacial score (nSPS) is 12.6. The third-order valence-electron chi connectivity index (χ3n) is 5.39. The minimum Gasteiger partial charge on any atom is -0.0616 e. The van der Waals surface area contributed by atoms with Gasteiger partial charge < -0.3 is 0 Å². The smallest absolute Gasteiger partial charge is 0.000696 e. The van der Waals surface area contributed by atoms with E-state index in [1.165, 1.54) is 54.9 Å². The molecule has 0 aliphatic heterocycles. The highest BCUT2D eigenvalue weighted by atomic mass is 14.3. The molecule has 23 heavy (non-hydrogen) atoms. The molecule has 0 spiro atoms. The molecule has 0 N–H and O–H groups in total. The summed E-state index contributed by atoms with van der Waals surface area (Å²) in [6.07, 6.45) is 1.05. The van der Waals surface area contributed by atoms with E-state index in [1.54, 1.807) is 0 Å². The second kappa shape index (κ2) is 4.45. The van der Waals surface area contributed by atoms with Crippen LogP contribution in [-0.2, 0) is 6.42 Å². The summed E-state index contributed by atoms with van der Waals surface area (Å²) in [6.45, 7) is 4.43. The Labute approximate surface area is 136 Å². The lowest BCUT2D eigenvalue weighted by Gasteiger charge is -2.09. The van der Waals surface area contributed by atoms with Crippen LogP contribution in [0.5, 0.6) is 0 Å². The molecule has 0 atom stereocenters. The maximum Gasteiger partial charge on any atom is -0.000696 e. The van der Waals surface area contributed by atoms with Crippen LogP contribution in [-0.4, -0.2) is 0 Å². The van der Waals surface area contributed by atoms with Crippen LogP contribution in [0.1, 0.15) is 22.3 Å². The van der Waals surface area contributed by atoms with Gasteiger partial charge in [-0.25, -0.2) is 0 Å². The maximum absolute atomic E-state index is 2.38. The van der Waals surface area contributed by atoms with Crippen LogP contribution in [0.15, 0.2) is 60.7 Å². The highest BCUT2D eigenvalue weighted by Crippen LogP contribution is 2.43. The van der Waals surface area contributed by atoms with Crippen LogP contribution in [0, 0.1) is 13.8 Å². The Morgan fingerprint density at radius 1 is 0.696 bits per heavy atom. The maximum atomic E-state index is 2.38. The van der Waals surface area contributed by atoms with E-state index in [1.807, 2.05) is 0 Å². The zero-order valence-electron chi connectivity index (χ0n) is 13.5. The van der Waals surface area contributed by atoms with Gasteiger partial charge in [0.1, 0.15) is 0 Å². The van der Waals surface area contributed by atoms with Crippen molar-refractivity contribution < 1.29 is 0 Å². The first-order valence-electron chi connectivity index (χ1n) is 8.26. The molecule has 4 aromatic carbocycles. The molecule has 0 aromatic heterocycles. The summed E-state index contributed by atoms with van der Waals surface area (Å²) in [5, 5.41) is 5.50. The summed E-state index contributed by atoms with van der Waals surface area (Å²) in [5.41, 5.74) is 8.60. The molecule has 0 radical (unpaired) electrons. The van der Waals surface area contributed by atoms with Gasteiger partial charge in [0.25, 0.3) is 0 Å². The van der Waals surface area contributed by atoms with Crippen LogP contribution in [0.2, 0.25) is 0 Å². The van der Waals surface area contributed by atoms with Crippen LogP contribution in [0.3, 0.4) is 0 Å². The zero-order chi connectivity index (χ0) is 15.6. The van der Waals surface area contributed by atoms with Gasteiger partial charge in [0, 0.05) is 0 Å². The molecule has 0 amide bonds. The van der Waals surface area contributed by atoms with Gasteiger partial charge in [-0.15, -0.1) is 0 Å². The fourth-order valence-electron chi connectivity index (χ4n) is 4.07. The minimum atomic E-state index is 1.05. The van der Waals surface area contributed by atoms with Crippen molar-refractivity contribution in [2.75, 3.05) is 0 Å². The Bertz CT molecular complexity index is 1100. The van der Waals surface area contributed by atoms with Gasteiger partial charge in [-0.1, -0.05) is 60.7 Å². The van der Waals surface area contributed by atoms with Crippen LogP contribution in [0.4, 0.5) is 0 Å². The molecule has 0 unspecified atom stereocenters. The summed E-state index contributed by atoms with van der Waals surface area (Å²) < 4.78 is 0. The summed E-state index contributed by atoms with van der Waals surface area (Å²) in [7, 11) is 0. The Hall–Kier alpha value is -2.60. The Morgan fingerprint density at radius 3 is 2.35 bits per heavy atom. The third kappa shape index (κ3) is 1.72. The van der Waals surface area contributed by atoms with Crippen LogP contribution in [0.25, 0.3) is 32.7 Å². The van der Waals surface area contributed by atoms with Gasteiger partial charge in [-0.2, -0.15) is 0 Å². The van der Waals surface area contributed by atoms with Crippen LogP contribution < -0.4 is 0 Å². The van der Waals surface area contributed by atoms with Gasteiger partial charge in [0.05, 0.1) is 0 Å². The lowest BCUT2D eigenvalue weighted by Crippen LogP contribution is -1.87. The third-order valence-corrected chi connectivity index (χ3v) is 5.39. The zero-order valence-corrected chi connectivity index (χ0v) is 13.5. The molecule has 0 saturated heterocycles. The first-order valence-corrected chi connectivity index (χ1v) is 8.26. The number of fused-ring (bicyclic) bond motifs is 7. The fraction of sp³-hybridized carbons (Fsp3) is 0.130. The number of benzene rings is 4. The summed E-state index contributed by atoms with van der Waals surface area (Å²) in [5.74, 6) is 0. The van der Waals surface area contributed by atoms with Crippen molar-refractivity contribution in [2.24, 2.45) is 0 Å². The van der Waals surface area contributed by atoms with Crippen LogP contribution >= 0.6 is 0 Å². The standard InChI is InChI=1S/C23H18/c1-14-11-18-13-22-20(21(18)12-15(14)2)10-9-17-8-7-16-5-3-4-6-19(16)23(17)22/h3-12H,13H2,1-2H3. The van der Waals surface area contributed by atoms with E-state index in [9.17, 15) is 0 Å². The molecule has 1 aliphatic rings. The van der Waals surface area contributed by atoms with E-state index >= 15 is 0 Å². The molecule has 5 rings (SSSR count). The van der Waals surface area contributed by atoms with E-state index in [-0.39, 0.29) is 0 Å². The predicted molar refractivity (Wildman–Crippen MR) is 99.2 cm³/mol. The van der Waals surface area contributed by atoms with Crippen molar-refractivity contribution in [3.63, 3.8) is 0 Å². The number of aryl methyl sites for hydroxylation is 2. The quantitative estimate of drug-likeness (QED) is 0.299. The Morgan fingerprint density at radius 2 is 1.43 bits per heavy atom. The molecule has 0 heterocycles. The van der Waals surface area contributed by atoms with E-state index in [4.69, 9.17) is 0 Å². The highest BCUT2D eigenvalue weighted by Gasteiger charge is 2.22. The molecule has 0 bridgehead atoms. The van der Waals surface area contributed by atoms with Crippen molar-refractivity contribution in [2.45, 2.75) is 20.3 Å². The van der Waals surface area contributed by atoms with Gasteiger partial charge >= 0.3 is 0 Å². The second-order valence-corrected chi connectivity index (χ2v) is 6.75. The number of hydrogen-bond acceptors (Lipinski definition) is 0. The molecule has 0 saturated carbocycles. The lowest BCUT2D eigenvalue weighted by atomic mass is 9.94. The number of rotatable bonds is 0. The SMILES string of the molecule is Cc1cc2c(cc1C)-c1ccc3ccc4ccccc4c3c1C2. The molecule has 0 heteroatoms. The molecule has 110 valence electrons. The monoisotopic (exact) mass is 294 g/mol. The average molecular weight is 294 g/mol. The molecule has 1 aliphatic carbocycles. The molecule has 0 fully saturated rings. The first kappa shape index (κ1) is 12.9. The fourth-order valence-corrected chi connectivity index (χ4v) is 4.07. The largest absolute Gasteiger partial charge is 0.0616 e. The van der Waals surface area contributed by atoms with Crippen molar-refractivity contribution in [1.29, 1.82) is 0 Å². The van der Waals surface area contributed by atoms with E-state index in [0.29, 0.717) is 0 Å². The van der Waals surface area contributed by atoms with E-state index in [0.717, 1.165) is 6.42 Å². The van der Waals surface area contributed by atoms with Gasteiger partial charge in [0.2, 0.25) is 0 Å². The number of hydrogen-bond donors (Lipinski definition) is 0. The summed E-state index contributed by atoms with van der Waals surface area (Å²) in [4.78, 5) is 0. The summed E-state index contributed by atoms with van der Waals surface area (Å²) in [6, 6.07) is 22.6. The Kier molecular flexibility index (Phi) is 2.50. The van der Waals surface area contributed by atoms with Crippen molar-refractivity contribution in [3.8, 4) is 11.1 Å². The lowest BCUT2D eigenvalue weighted by molar-refractivity contribution is 1.24. The van der Waals surface area contributed by atoms with Gasteiger partial charge in [0.15, 0.2) is 0 Å². The van der Waals surface area contributed by atoms with E-state index < -0.39 is 0 Å². The molecule has 4 aromatic rings.